The van der Waals surface area contributed by atoms with Crippen LogP contribution in [0.25, 0.3) is 22.0 Å². The number of benzene rings is 2. The third kappa shape index (κ3) is 2.42. The fourth-order valence-corrected chi connectivity index (χ4v) is 2.93. The number of nitrogens with one attached hydrogen (secondary N) is 1. The van der Waals surface area contributed by atoms with Crippen molar-refractivity contribution in [1.82, 2.24) is 4.98 Å². The molecule has 2 aromatic carbocycles. The van der Waals surface area contributed by atoms with Gasteiger partial charge in [-0.3, -0.25) is 0 Å². The molecule has 0 unspecified atom stereocenters. The monoisotopic (exact) mass is 309 g/mol. The van der Waals surface area contributed by atoms with Crippen LogP contribution in [0.1, 0.15) is 15.9 Å². The molecule has 0 fully saturated rings. The van der Waals surface area contributed by atoms with Crippen LogP contribution >= 0.6 is 12.2 Å². The molecule has 0 aliphatic heterocycles. The van der Waals surface area contributed by atoms with Crippen molar-refractivity contribution in [3.05, 3.63) is 64.3 Å². The maximum atomic E-state index is 12.4. The Morgan fingerprint density at radius 1 is 1.14 bits per heavy atom. The van der Waals surface area contributed by atoms with E-state index in [0.717, 1.165) is 22.0 Å². The predicted octanol–water partition coefficient (Wildman–Crippen LogP) is 4.66. The molecule has 0 amide bonds. The first-order valence-corrected chi connectivity index (χ1v) is 7.33. The molecule has 0 saturated carbocycles. The molecule has 0 bridgehead atoms. The molecule has 0 radical (unpaired) electrons. The second-order valence-electron chi connectivity index (χ2n) is 5.11. The number of pyridine rings is 1. The van der Waals surface area contributed by atoms with E-state index in [2.05, 4.69) is 4.98 Å². The third-order valence-electron chi connectivity index (χ3n) is 3.62. The number of hydrogen-bond donors (Lipinski definition) is 1. The molecule has 0 saturated heterocycles. The summed E-state index contributed by atoms with van der Waals surface area (Å²) in [7, 11) is 1.39. The Kier molecular flexibility index (Phi) is 3.77. The number of aryl methyl sites for hydroxylation is 1. The maximum Gasteiger partial charge on any atom is 0.339 e. The minimum Gasteiger partial charge on any atom is -0.465 e. The van der Waals surface area contributed by atoms with Crippen LogP contribution in [0.3, 0.4) is 0 Å². The van der Waals surface area contributed by atoms with E-state index in [1.54, 1.807) is 0 Å². The van der Waals surface area contributed by atoms with Gasteiger partial charge in [0.1, 0.15) is 4.64 Å². The van der Waals surface area contributed by atoms with Crippen LogP contribution in [-0.2, 0) is 4.74 Å². The highest BCUT2D eigenvalue weighted by Gasteiger charge is 2.19. The molecule has 0 spiro atoms. The van der Waals surface area contributed by atoms with E-state index in [1.807, 2.05) is 55.5 Å². The number of fused-ring (bicyclic) bond motifs is 1. The SMILES string of the molecule is COC(=O)c1c(-c2ccccc2)c(=S)[nH]c2ccc(C)cc12. The lowest BCUT2D eigenvalue weighted by Crippen LogP contribution is -2.06. The van der Waals surface area contributed by atoms with Gasteiger partial charge in [0.2, 0.25) is 0 Å². The molecule has 0 aliphatic carbocycles. The number of carbonyl (C=O) groups is 1. The van der Waals surface area contributed by atoms with Gasteiger partial charge in [0.25, 0.3) is 0 Å². The van der Waals surface area contributed by atoms with E-state index in [1.165, 1.54) is 7.11 Å². The van der Waals surface area contributed by atoms with Gasteiger partial charge in [0.15, 0.2) is 0 Å². The molecule has 3 rings (SSSR count). The second kappa shape index (κ2) is 5.73. The molecule has 4 heteroatoms. The molecule has 1 aromatic heterocycles. The first-order valence-electron chi connectivity index (χ1n) is 6.92. The van der Waals surface area contributed by atoms with Crippen molar-refractivity contribution in [2.45, 2.75) is 6.92 Å². The summed E-state index contributed by atoms with van der Waals surface area (Å²) in [5.74, 6) is -0.380. The number of aromatic nitrogens is 1. The molecular formula is C18H15NO2S. The predicted molar refractivity (Wildman–Crippen MR) is 90.6 cm³/mol. The number of esters is 1. The summed E-state index contributed by atoms with van der Waals surface area (Å²) in [4.78, 5) is 15.6. The van der Waals surface area contributed by atoms with E-state index in [-0.39, 0.29) is 5.97 Å². The van der Waals surface area contributed by atoms with Gasteiger partial charge >= 0.3 is 5.97 Å². The van der Waals surface area contributed by atoms with Crippen LogP contribution in [-0.4, -0.2) is 18.1 Å². The van der Waals surface area contributed by atoms with Crippen LogP contribution in [0.15, 0.2) is 48.5 Å². The lowest BCUT2D eigenvalue weighted by Gasteiger charge is -2.13. The van der Waals surface area contributed by atoms with Crippen molar-refractivity contribution in [3.8, 4) is 11.1 Å². The molecule has 1 heterocycles. The highest BCUT2D eigenvalue weighted by atomic mass is 32.1. The molecule has 0 atom stereocenters. The number of aromatic amines is 1. The van der Waals surface area contributed by atoms with E-state index in [0.29, 0.717) is 15.8 Å². The standard InChI is InChI=1S/C18H15NO2S/c1-11-8-9-14-13(10-11)16(18(20)21-2)15(17(22)19-14)12-6-4-3-5-7-12/h3-10H,1-2H3,(H,19,22). The van der Waals surface area contributed by atoms with Crippen molar-refractivity contribution < 1.29 is 9.53 Å². The molecular weight excluding hydrogens is 294 g/mol. The number of ether oxygens (including phenoxy) is 1. The minimum absolute atomic E-state index is 0.380. The van der Waals surface area contributed by atoms with Crippen LogP contribution in [0.5, 0.6) is 0 Å². The Morgan fingerprint density at radius 2 is 1.86 bits per heavy atom. The van der Waals surface area contributed by atoms with Crippen molar-refractivity contribution in [2.75, 3.05) is 7.11 Å². The lowest BCUT2D eigenvalue weighted by molar-refractivity contribution is 0.0603. The van der Waals surface area contributed by atoms with Gasteiger partial charge in [0, 0.05) is 16.5 Å². The first-order chi connectivity index (χ1) is 10.6. The summed E-state index contributed by atoms with van der Waals surface area (Å²) in [6.07, 6.45) is 0. The van der Waals surface area contributed by atoms with Gasteiger partial charge in [-0.25, -0.2) is 4.79 Å². The molecule has 3 aromatic rings. The van der Waals surface area contributed by atoms with Crippen LogP contribution in [0.2, 0.25) is 0 Å². The van der Waals surface area contributed by atoms with E-state index < -0.39 is 0 Å². The van der Waals surface area contributed by atoms with Crippen molar-refractivity contribution in [3.63, 3.8) is 0 Å². The van der Waals surface area contributed by atoms with Gasteiger partial charge in [-0.05, 0) is 24.6 Å². The summed E-state index contributed by atoms with van der Waals surface area (Å²) in [5, 5.41) is 0.819. The average Bonchev–Trinajstić information content (AvgIpc) is 2.54. The molecule has 1 N–H and O–H groups in total. The summed E-state index contributed by atoms with van der Waals surface area (Å²) in [5.41, 5.74) is 4.02. The third-order valence-corrected chi connectivity index (χ3v) is 3.93. The minimum atomic E-state index is -0.380. The summed E-state index contributed by atoms with van der Waals surface area (Å²) in [6, 6.07) is 15.5. The molecule has 3 nitrogen and oxygen atoms in total. The number of rotatable bonds is 2. The van der Waals surface area contributed by atoms with Crippen LogP contribution in [0.4, 0.5) is 0 Å². The maximum absolute atomic E-state index is 12.4. The van der Waals surface area contributed by atoms with Gasteiger partial charge in [-0.2, -0.15) is 0 Å². The highest BCUT2D eigenvalue weighted by molar-refractivity contribution is 7.71. The second-order valence-corrected chi connectivity index (χ2v) is 5.52. The number of methoxy groups -OCH3 is 1. The van der Waals surface area contributed by atoms with E-state index >= 15 is 0 Å². The highest BCUT2D eigenvalue weighted by Crippen LogP contribution is 2.31. The fraction of sp³-hybridized carbons (Fsp3) is 0.111. The van der Waals surface area contributed by atoms with Crippen LogP contribution < -0.4 is 0 Å². The van der Waals surface area contributed by atoms with Gasteiger partial charge in [-0.1, -0.05) is 54.2 Å². The largest absolute Gasteiger partial charge is 0.465 e. The van der Waals surface area contributed by atoms with Crippen molar-refractivity contribution in [1.29, 1.82) is 0 Å². The number of carbonyl (C=O) groups excluding carboxylic acids is 1. The lowest BCUT2D eigenvalue weighted by atomic mass is 9.97. The number of hydrogen-bond acceptors (Lipinski definition) is 3. The van der Waals surface area contributed by atoms with E-state index in [9.17, 15) is 4.79 Å². The average molecular weight is 309 g/mol. The van der Waals surface area contributed by atoms with Crippen molar-refractivity contribution >= 4 is 29.1 Å². The normalized spacial score (nSPS) is 10.6. The van der Waals surface area contributed by atoms with E-state index in [4.69, 9.17) is 17.0 Å². The van der Waals surface area contributed by atoms with Gasteiger partial charge in [0.05, 0.1) is 12.7 Å². The zero-order valence-corrected chi connectivity index (χ0v) is 13.2. The summed E-state index contributed by atoms with van der Waals surface area (Å²) in [6.45, 7) is 1.99. The van der Waals surface area contributed by atoms with Crippen LogP contribution in [0, 0.1) is 11.6 Å². The molecule has 110 valence electrons. The Balaban J connectivity index is 2.48. The molecule has 0 aliphatic rings. The fourth-order valence-electron chi connectivity index (χ4n) is 2.60. The summed E-state index contributed by atoms with van der Waals surface area (Å²) >= 11 is 5.49. The zero-order valence-electron chi connectivity index (χ0n) is 12.3. The van der Waals surface area contributed by atoms with Crippen molar-refractivity contribution in [2.24, 2.45) is 0 Å². The Labute approximate surface area is 133 Å². The smallest absolute Gasteiger partial charge is 0.339 e. The first kappa shape index (κ1) is 14.5. The van der Waals surface area contributed by atoms with Gasteiger partial charge < -0.3 is 9.72 Å². The Hall–Kier alpha value is -2.46. The molecule has 22 heavy (non-hydrogen) atoms. The quantitative estimate of drug-likeness (QED) is 0.553. The topological polar surface area (TPSA) is 42.1 Å². The summed E-state index contributed by atoms with van der Waals surface area (Å²) < 4.78 is 5.53. The zero-order chi connectivity index (χ0) is 15.7. The Morgan fingerprint density at radius 3 is 2.55 bits per heavy atom. The number of H-pyrrole nitrogens is 1. The van der Waals surface area contributed by atoms with Gasteiger partial charge in [-0.15, -0.1) is 0 Å². The Bertz CT molecular complexity index is 914.